The lowest BCUT2D eigenvalue weighted by atomic mass is 9.67. The van der Waals surface area contributed by atoms with Crippen molar-refractivity contribution in [3.63, 3.8) is 0 Å². The lowest BCUT2D eigenvalue weighted by Crippen LogP contribution is -2.65. The SMILES string of the molecule is CC1CC2(C)CC(=O)CC(C)(C1)N2. The van der Waals surface area contributed by atoms with Gasteiger partial charge >= 0.3 is 0 Å². The Balaban J connectivity index is 2.26. The highest BCUT2D eigenvalue weighted by molar-refractivity contribution is 5.82. The van der Waals surface area contributed by atoms with Gasteiger partial charge in [0.15, 0.2) is 0 Å². The highest BCUT2D eigenvalue weighted by Gasteiger charge is 2.47. The second-order valence-electron chi connectivity index (χ2n) is 5.65. The molecule has 2 aliphatic heterocycles. The maximum Gasteiger partial charge on any atom is 0.136 e. The molecule has 74 valence electrons. The number of Topliss-reactive ketones (excluding diaryl/α,β-unsaturated/α-hetero) is 1. The molecule has 2 bridgehead atoms. The third-order valence-electron chi connectivity index (χ3n) is 3.38. The summed E-state index contributed by atoms with van der Waals surface area (Å²) in [7, 11) is 0. The van der Waals surface area contributed by atoms with Crippen molar-refractivity contribution in [2.24, 2.45) is 5.92 Å². The second kappa shape index (κ2) is 2.57. The minimum absolute atomic E-state index is 0.0851. The first-order valence-corrected chi connectivity index (χ1v) is 5.22. The summed E-state index contributed by atoms with van der Waals surface area (Å²) < 4.78 is 0. The largest absolute Gasteiger partial charge is 0.305 e. The smallest absolute Gasteiger partial charge is 0.136 e. The van der Waals surface area contributed by atoms with Crippen molar-refractivity contribution < 1.29 is 4.79 Å². The van der Waals surface area contributed by atoms with E-state index in [4.69, 9.17) is 0 Å². The summed E-state index contributed by atoms with van der Waals surface area (Å²) in [6.07, 6.45) is 3.75. The van der Waals surface area contributed by atoms with Crippen molar-refractivity contribution in [3.8, 4) is 0 Å². The fourth-order valence-corrected chi connectivity index (χ4v) is 3.61. The Labute approximate surface area is 80.1 Å². The monoisotopic (exact) mass is 181 g/mol. The van der Waals surface area contributed by atoms with Gasteiger partial charge in [0.25, 0.3) is 0 Å². The van der Waals surface area contributed by atoms with Crippen molar-refractivity contribution in [2.45, 2.75) is 57.5 Å². The molecule has 0 aromatic heterocycles. The molecule has 1 N–H and O–H groups in total. The van der Waals surface area contributed by atoms with E-state index in [1.54, 1.807) is 0 Å². The Morgan fingerprint density at radius 3 is 2.15 bits per heavy atom. The van der Waals surface area contributed by atoms with Crippen LogP contribution in [0.4, 0.5) is 0 Å². The minimum atomic E-state index is 0.0851. The average Bonchev–Trinajstić information content (AvgIpc) is 1.75. The molecular weight excluding hydrogens is 162 g/mol. The molecule has 2 heteroatoms. The number of hydrogen-bond donors (Lipinski definition) is 1. The van der Waals surface area contributed by atoms with E-state index >= 15 is 0 Å². The van der Waals surface area contributed by atoms with Gasteiger partial charge in [-0.05, 0) is 32.6 Å². The van der Waals surface area contributed by atoms with Gasteiger partial charge in [-0.25, -0.2) is 0 Å². The maximum absolute atomic E-state index is 11.6. The van der Waals surface area contributed by atoms with Gasteiger partial charge in [0, 0.05) is 23.9 Å². The van der Waals surface area contributed by atoms with Crippen LogP contribution in [0.3, 0.4) is 0 Å². The predicted molar refractivity (Wildman–Crippen MR) is 52.6 cm³/mol. The molecule has 2 nitrogen and oxygen atoms in total. The zero-order chi connectivity index (χ0) is 9.69. The first-order chi connectivity index (χ1) is 5.91. The van der Waals surface area contributed by atoms with Gasteiger partial charge in [0.1, 0.15) is 5.78 Å². The molecule has 2 fully saturated rings. The van der Waals surface area contributed by atoms with E-state index in [2.05, 4.69) is 26.1 Å². The summed E-state index contributed by atoms with van der Waals surface area (Å²) in [6, 6.07) is 0. The fraction of sp³-hybridized carbons (Fsp3) is 0.909. The van der Waals surface area contributed by atoms with Crippen LogP contribution in [0.1, 0.15) is 46.5 Å². The molecule has 2 saturated heterocycles. The minimum Gasteiger partial charge on any atom is -0.305 e. The normalized spacial score (nSPS) is 50.7. The van der Waals surface area contributed by atoms with Gasteiger partial charge in [-0.15, -0.1) is 0 Å². The first-order valence-electron chi connectivity index (χ1n) is 5.22. The topological polar surface area (TPSA) is 29.1 Å². The van der Waals surface area contributed by atoms with Crippen LogP contribution in [-0.4, -0.2) is 16.9 Å². The average molecular weight is 181 g/mol. The number of rotatable bonds is 0. The van der Waals surface area contributed by atoms with Crippen LogP contribution in [-0.2, 0) is 4.79 Å². The van der Waals surface area contributed by atoms with E-state index in [1.165, 1.54) is 0 Å². The molecule has 2 unspecified atom stereocenters. The van der Waals surface area contributed by atoms with Crippen LogP contribution in [0.15, 0.2) is 0 Å². The summed E-state index contributed by atoms with van der Waals surface area (Å²) in [4.78, 5) is 11.6. The molecule has 2 aliphatic rings. The quantitative estimate of drug-likeness (QED) is 0.618. The number of hydrogen-bond acceptors (Lipinski definition) is 2. The third-order valence-corrected chi connectivity index (χ3v) is 3.38. The summed E-state index contributed by atoms with van der Waals surface area (Å²) in [5.41, 5.74) is 0.170. The molecule has 2 heterocycles. The van der Waals surface area contributed by atoms with Crippen molar-refractivity contribution in [2.75, 3.05) is 0 Å². The van der Waals surface area contributed by atoms with Crippen LogP contribution in [0.5, 0.6) is 0 Å². The summed E-state index contributed by atoms with van der Waals surface area (Å²) >= 11 is 0. The van der Waals surface area contributed by atoms with Gasteiger partial charge in [-0.2, -0.15) is 0 Å². The molecule has 0 saturated carbocycles. The van der Waals surface area contributed by atoms with Gasteiger partial charge < -0.3 is 5.32 Å². The van der Waals surface area contributed by atoms with Crippen molar-refractivity contribution in [1.82, 2.24) is 5.32 Å². The van der Waals surface area contributed by atoms with Crippen molar-refractivity contribution in [3.05, 3.63) is 0 Å². The van der Waals surface area contributed by atoms with Crippen LogP contribution in [0, 0.1) is 5.92 Å². The summed E-state index contributed by atoms with van der Waals surface area (Å²) in [6.45, 7) is 6.68. The van der Waals surface area contributed by atoms with Gasteiger partial charge in [0.05, 0.1) is 0 Å². The zero-order valence-electron chi connectivity index (χ0n) is 8.81. The molecule has 0 aliphatic carbocycles. The molecule has 0 radical (unpaired) electrons. The van der Waals surface area contributed by atoms with E-state index in [1.807, 2.05) is 0 Å². The van der Waals surface area contributed by atoms with Crippen molar-refractivity contribution >= 4 is 5.78 Å². The van der Waals surface area contributed by atoms with Crippen LogP contribution in [0.2, 0.25) is 0 Å². The summed E-state index contributed by atoms with van der Waals surface area (Å²) in [5.74, 6) is 1.19. The van der Waals surface area contributed by atoms with Crippen LogP contribution in [0.25, 0.3) is 0 Å². The molecule has 0 amide bonds. The highest BCUT2D eigenvalue weighted by Crippen LogP contribution is 2.40. The van der Waals surface area contributed by atoms with E-state index in [0.29, 0.717) is 5.78 Å². The van der Waals surface area contributed by atoms with E-state index in [0.717, 1.165) is 31.6 Å². The Morgan fingerprint density at radius 2 is 1.69 bits per heavy atom. The lowest BCUT2D eigenvalue weighted by molar-refractivity contribution is -0.127. The first kappa shape index (κ1) is 9.20. The third kappa shape index (κ3) is 1.64. The maximum atomic E-state index is 11.6. The zero-order valence-corrected chi connectivity index (χ0v) is 8.81. The molecule has 0 aromatic rings. The number of ketones is 1. The standard InChI is InChI=1S/C11H19NO/c1-8-4-10(2)6-9(13)7-11(3,5-8)12-10/h8,12H,4-7H2,1-3H3. The van der Waals surface area contributed by atoms with E-state index < -0.39 is 0 Å². The van der Waals surface area contributed by atoms with Crippen molar-refractivity contribution in [1.29, 1.82) is 0 Å². The van der Waals surface area contributed by atoms with Crippen LogP contribution >= 0.6 is 0 Å². The van der Waals surface area contributed by atoms with Gasteiger partial charge in [0.2, 0.25) is 0 Å². The van der Waals surface area contributed by atoms with Crippen LogP contribution < -0.4 is 5.32 Å². The van der Waals surface area contributed by atoms with Gasteiger partial charge in [-0.1, -0.05) is 6.92 Å². The molecule has 0 spiro atoms. The van der Waals surface area contributed by atoms with Gasteiger partial charge in [-0.3, -0.25) is 4.79 Å². The number of carbonyl (C=O) groups excluding carboxylic acids is 1. The van der Waals surface area contributed by atoms with E-state index in [-0.39, 0.29) is 11.1 Å². The number of piperidine rings is 2. The number of fused-ring (bicyclic) bond motifs is 2. The number of nitrogens with one attached hydrogen (secondary N) is 1. The fourth-order valence-electron chi connectivity index (χ4n) is 3.61. The Bertz CT molecular complexity index is 228. The summed E-state index contributed by atoms with van der Waals surface area (Å²) in [5, 5.41) is 3.65. The highest BCUT2D eigenvalue weighted by atomic mass is 16.1. The number of carbonyl (C=O) groups is 1. The molecule has 13 heavy (non-hydrogen) atoms. The Hall–Kier alpha value is -0.370. The second-order valence-corrected chi connectivity index (χ2v) is 5.65. The predicted octanol–water partition coefficient (Wildman–Crippen LogP) is 1.89. The molecule has 2 atom stereocenters. The Kier molecular flexibility index (Phi) is 1.82. The molecular formula is C11H19NO. The Morgan fingerprint density at radius 1 is 1.23 bits per heavy atom. The molecule has 2 rings (SSSR count). The molecule has 0 aromatic carbocycles. The lowest BCUT2D eigenvalue weighted by Gasteiger charge is -2.52. The van der Waals surface area contributed by atoms with E-state index in [9.17, 15) is 4.79 Å².